The Labute approximate surface area is 119 Å². The van der Waals surface area contributed by atoms with Crippen molar-refractivity contribution in [3.8, 4) is 0 Å². The molecule has 0 aliphatic carbocycles. The lowest BCUT2D eigenvalue weighted by molar-refractivity contribution is -0.122. The van der Waals surface area contributed by atoms with E-state index in [-0.39, 0.29) is 4.83 Å². The lowest BCUT2D eigenvalue weighted by atomic mass is 9.99. The first-order valence-electron chi connectivity index (χ1n) is 6.19. The van der Waals surface area contributed by atoms with Gasteiger partial charge in [-0.05, 0) is 19.8 Å². The zero-order valence-electron chi connectivity index (χ0n) is 11.8. The van der Waals surface area contributed by atoms with Gasteiger partial charge >= 0.3 is 0 Å². The molecule has 0 saturated carbocycles. The summed E-state index contributed by atoms with van der Waals surface area (Å²) in [5.41, 5.74) is 0. The molecular formula is C12H24BrNO3S. The van der Waals surface area contributed by atoms with E-state index in [0.717, 1.165) is 19.1 Å². The van der Waals surface area contributed by atoms with Gasteiger partial charge in [-0.1, -0.05) is 42.6 Å². The number of halogens is 1. The standard InChI is InChI=1S/C12H24BrNO3S/c1-6-9(7-2)10(13)8-14-11(15)12(3,4)18(5,16)17/h9-10H,6-8H2,1-5H3,(H,14,15). The molecule has 4 nitrogen and oxygen atoms in total. The predicted molar refractivity (Wildman–Crippen MR) is 78.7 cm³/mol. The van der Waals surface area contributed by atoms with Crippen molar-refractivity contribution in [3.63, 3.8) is 0 Å². The molecule has 0 spiro atoms. The molecule has 0 heterocycles. The van der Waals surface area contributed by atoms with Crippen LogP contribution in [-0.4, -0.2) is 36.7 Å². The summed E-state index contributed by atoms with van der Waals surface area (Å²) in [6, 6.07) is 0. The molecular weight excluding hydrogens is 318 g/mol. The van der Waals surface area contributed by atoms with Crippen LogP contribution in [-0.2, 0) is 14.6 Å². The summed E-state index contributed by atoms with van der Waals surface area (Å²) in [5, 5.41) is 2.71. The van der Waals surface area contributed by atoms with E-state index >= 15 is 0 Å². The Morgan fingerprint density at radius 2 is 1.72 bits per heavy atom. The Morgan fingerprint density at radius 1 is 1.28 bits per heavy atom. The van der Waals surface area contributed by atoms with Crippen LogP contribution < -0.4 is 5.32 Å². The Kier molecular flexibility index (Phi) is 6.85. The van der Waals surface area contributed by atoms with Gasteiger partial charge in [-0.2, -0.15) is 0 Å². The number of alkyl halides is 1. The van der Waals surface area contributed by atoms with E-state index in [2.05, 4.69) is 35.1 Å². The van der Waals surface area contributed by atoms with Crippen LogP contribution in [0.25, 0.3) is 0 Å². The first kappa shape index (κ1) is 17.9. The lowest BCUT2D eigenvalue weighted by Crippen LogP contribution is -2.49. The number of carbonyl (C=O) groups is 1. The molecule has 18 heavy (non-hydrogen) atoms. The number of carbonyl (C=O) groups excluding carboxylic acids is 1. The molecule has 6 heteroatoms. The maximum atomic E-state index is 11.9. The number of nitrogens with one attached hydrogen (secondary N) is 1. The SMILES string of the molecule is CCC(CC)C(Br)CNC(=O)C(C)(C)S(C)(=O)=O. The van der Waals surface area contributed by atoms with Crippen molar-refractivity contribution >= 4 is 31.7 Å². The maximum Gasteiger partial charge on any atom is 0.240 e. The normalized spacial score (nSPS) is 14.6. The number of rotatable bonds is 7. The van der Waals surface area contributed by atoms with Gasteiger partial charge < -0.3 is 5.32 Å². The highest BCUT2D eigenvalue weighted by atomic mass is 79.9. The van der Waals surface area contributed by atoms with Crippen molar-refractivity contribution in [2.45, 2.75) is 50.1 Å². The topological polar surface area (TPSA) is 63.2 Å². The Balaban J connectivity index is 4.53. The van der Waals surface area contributed by atoms with Crippen LogP contribution in [0.15, 0.2) is 0 Å². The molecule has 0 rings (SSSR count). The second kappa shape index (κ2) is 6.89. The van der Waals surface area contributed by atoms with Gasteiger partial charge in [0.25, 0.3) is 0 Å². The molecule has 1 amide bonds. The third kappa shape index (κ3) is 4.53. The number of hydrogen-bond acceptors (Lipinski definition) is 3. The van der Waals surface area contributed by atoms with Crippen LogP contribution in [0.5, 0.6) is 0 Å². The molecule has 1 atom stereocenters. The quantitative estimate of drug-likeness (QED) is 0.721. The summed E-state index contributed by atoms with van der Waals surface area (Å²) in [6.07, 6.45) is 3.13. The number of sulfone groups is 1. The maximum absolute atomic E-state index is 11.9. The van der Waals surface area contributed by atoms with Crippen molar-refractivity contribution in [2.75, 3.05) is 12.8 Å². The summed E-state index contributed by atoms with van der Waals surface area (Å²) >= 11 is 3.55. The summed E-state index contributed by atoms with van der Waals surface area (Å²) in [7, 11) is -3.41. The highest BCUT2D eigenvalue weighted by Crippen LogP contribution is 2.20. The van der Waals surface area contributed by atoms with Crippen LogP contribution in [0.1, 0.15) is 40.5 Å². The molecule has 0 saturated heterocycles. The molecule has 0 fully saturated rings. The van der Waals surface area contributed by atoms with E-state index in [1.807, 2.05) is 0 Å². The second-order valence-electron chi connectivity index (χ2n) is 5.09. The highest BCUT2D eigenvalue weighted by molar-refractivity contribution is 9.09. The monoisotopic (exact) mass is 341 g/mol. The largest absolute Gasteiger partial charge is 0.354 e. The first-order chi connectivity index (χ1) is 8.07. The van der Waals surface area contributed by atoms with Gasteiger partial charge in [0.15, 0.2) is 9.84 Å². The van der Waals surface area contributed by atoms with Crippen LogP contribution in [0.3, 0.4) is 0 Å². The van der Waals surface area contributed by atoms with Crippen LogP contribution in [0.4, 0.5) is 0 Å². The van der Waals surface area contributed by atoms with Crippen molar-refractivity contribution in [3.05, 3.63) is 0 Å². The molecule has 108 valence electrons. The van der Waals surface area contributed by atoms with E-state index in [0.29, 0.717) is 12.5 Å². The van der Waals surface area contributed by atoms with Crippen molar-refractivity contribution in [1.29, 1.82) is 0 Å². The van der Waals surface area contributed by atoms with Gasteiger partial charge in [0.2, 0.25) is 5.91 Å². The zero-order valence-corrected chi connectivity index (χ0v) is 14.2. The fourth-order valence-electron chi connectivity index (χ4n) is 1.54. The predicted octanol–water partition coefficient (Wildman–Crippen LogP) is 2.13. The second-order valence-corrected chi connectivity index (χ2v) is 8.83. The molecule has 1 unspecified atom stereocenters. The summed E-state index contributed by atoms with van der Waals surface area (Å²) in [4.78, 5) is 12.1. The van der Waals surface area contributed by atoms with Gasteiger partial charge in [0.1, 0.15) is 4.75 Å². The molecule has 0 aliphatic heterocycles. The molecule has 1 N–H and O–H groups in total. The van der Waals surface area contributed by atoms with Crippen molar-refractivity contribution in [2.24, 2.45) is 5.92 Å². The summed E-state index contributed by atoms with van der Waals surface area (Å²) in [6.45, 7) is 7.51. The van der Waals surface area contributed by atoms with E-state index in [4.69, 9.17) is 0 Å². The molecule has 0 aromatic rings. The molecule has 0 bridgehead atoms. The fourth-order valence-corrected chi connectivity index (χ4v) is 2.86. The molecule has 0 aliphatic rings. The zero-order chi connectivity index (χ0) is 14.6. The van der Waals surface area contributed by atoms with Crippen molar-refractivity contribution in [1.82, 2.24) is 5.32 Å². The minimum Gasteiger partial charge on any atom is -0.354 e. The Hall–Kier alpha value is -0.100. The third-order valence-electron chi connectivity index (χ3n) is 3.49. The van der Waals surface area contributed by atoms with Gasteiger partial charge in [0, 0.05) is 17.6 Å². The number of amides is 1. The van der Waals surface area contributed by atoms with E-state index < -0.39 is 20.5 Å². The summed E-state index contributed by atoms with van der Waals surface area (Å²) in [5.74, 6) is 0.0343. The van der Waals surface area contributed by atoms with E-state index in [1.54, 1.807) is 0 Å². The van der Waals surface area contributed by atoms with Gasteiger partial charge in [0.05, 0.1) is 0 Å². The third-order valence-corrected chi connectivity index (χ3v) is 6.60. The molecule has 0 radical (unpaired) electrons. The molecule has 0 aromatic heterocycles. The van der Waals surface area contributed by atoms with Crippen LogP contribution >= 0.6 is 15.9 Å². The van der Waals surface area contributed by atoms with Gasteiger partial charge in [-0.15, -0.1) is 0 Å². The Bertz CT molecular complexity index is 375. The van der Waals surface area contributed by atoms with E-state index in [9.17, 15) is 13.2 Å². The molecule has 0 aromatic carbocycles. The van der Waals surface area contributed by atoms with Crippen LogP contribution in [0.2, 0.25) is 0 Å². The fraction of sp³-hybridized carbons (Fsp3) is 0.917. The van der Waals surface area contributed by atoms with Crippen LogP contribution in [0, 0.1) is 5.92 Å². The summed E-state index contributed by atoms with van der Waals surface area (Å²) < 4.78 is 21.6. The average Bonchev–Trinajstić information content (AvgIpc) is 2.25. The smallest absolute Gasteiger partial charge is 0.240 e. The van der Waals surface area contributed by atoms with Crippen molar-refractivity contribution < 1.29 is 13.2 Å². The van der Waals surface area contributed by atoms with Gasteiger partial charge in [-0.25, -0.2) is 8.42 Å². The van der Waals surface area contributed by atoms with E-state index in [1.165, 1.54) is 13.8 Å². The minimum absolute atomic E-state index is 0.173. The number of hydrogen-bond donors (Lipinski definition) is 1. The Morgan fingerprint density at radius 3 is 2.06 bits per heavy atom. The average molecular weight is 342 g/mol. The first-order valence-corrected chi connectivity index (χ1v) is 9.00. The van der Waals surface area contributed by atoms with Gasteiger partial charge in [-0.3, -0.25) is 4.79 Å². The highest BCUT2D eigenvalue weighted by Gasteiger charge is 2.38. The minimum atomic E-state index is -3.41. The lowest BCUT2D eigenvalue weighted by Gasteiger charge is -2.24.